The number of hydrogen-bond acceptors (Lipinski definition) is 6. The van der Waals surface area contributed by atoms with E-state index < -0.39 is 0 Å². The first-order chi connectivity index (χ1) is 13.6. The summed E-state index contributed by atoms with van der Waals surface area (Å²) in [6, 6.07) is 1.82. The van der Waals surface area contributed by atoms with Crippen LogP contribution in [0.3, 0.4) is 0 Å². The standard InChI is InChI=1S/C22H30N2O5/c1-13-14(2)21(26)28-20-15-7-8-22(3,4)29-16(15)11-17(19(13)20)27-12-18(25)23-9-10-24(5)6/h11H,7-10,12H2,1-6H3,(H,23,25). The second-order valence-corrected chi connectivity index (χ2v) is 8.50. The van der Waals surface area contributed by atoms with E-state index in [9.17, 15) is 9.59 Å². The topological polar surface area (TPSA) is 81.0 Å². The fourth-order valence-corrected chi connectivity index (χ4v) is 3.46. The smallest absolute Gasteiger partial charge is 0.339 e. The van der Waals surface area contributed by atoms with Gasteiger partial charge in [-0.25, -0.2) is 4.79 Å². The minimum absolute atomic E-state index is 0.123. The molecular formula is C22H30N2O5. The zero-order valence-electron chi connectivity index (χ0n) is 18.1. The Morgan fingerprint density at radius 1 is 1.28 bits per heavy atom. The molecule has 158 valence electrons. The molecule has 0 fully saturated rings. The number of nitrogens with one attached hydrogen (secondary N) is 1. The van der Waals surface area contributed by atoms with E-state index in [0.717, 1.165) is 35.9 Å². The Hall–Kier alpha value is -2.54. The number of nitrogens with zero attached hydrogens (tertiary/aromatic N) is 1. The Kier molecular flexibility index (Phi) is 5.89. The molecule has 1 aliphatic heterocycles. The first-order valence-corrected chi connectivity index (χ1v) is 9.92. The van der Waals surface area contributed by atoms with E-state index in [1.54, 1.807) is 6.92 Å². The van der Waals surface area contributed by atoms with E-state index in [2.05, 4.69) is 5.32 Å². The number of aryl methyl sites for hydroxylation is 2. The van der Waals surface area contributed by atoms with E-state index >= 15 is 0 Å². The summed E-state index contributed by atoms with van der Waals surface area (Å²) in [7, 11) is 3.89. The summed E-state index contributed by atoms with van der Waals surface area (Å²) in [5.74, 6) is 0.928. The Balaban J connectivity index is 1.97. The number of carbonyl (C=O) groups excluding carboxylic acids is 1. The number of fused-ring (bicyclic) bond motifs is 3. The molecule has 3 rings (SSSR count). The molecule has 1 amide bonds. The highest BCUT2D eigenvalue weighted by Crippen LogP contribution is 2.43. The lowest BCUT2D eigenvalue weighted by Gasteiger charge is -2.33. The van der Waals surface area contributed by atoms with Gasteiger partial charge in [-0.2, -0.15) is 0 Å². The summed E-state index contributed by atoms with van der Waals surface area (Å²) in [5.41, 5.74) is 2.03. The summed E-state index contributed by atoms with van der Waals surface area (Å²) < 4.78 is 17.7. The van der Waals surface area contributed by atoms with Crippen LogP contribution < -0.4 is 20.4 Å². The SMILES string of the molecule is Cc1c(C)c2c(OCC(=O)NCCN(C)C)cc3c(c2oc1=O)CCC(C)(C)O3. The molecular weight excluding hydrogens is 372 g/mol. The Morgan fingerprint density at radius 3 is 2.69 bits per heavy atom. The number of ether oxygens (including phenoxy) is 2. The molecule has 0 spiro atoms. The van der Waals surface area contributed by atoms with Gasteiger partial charge >= 0.3 is 5.63 Å². The summed E-state index contributed by atoms with van der Waals surface area (Å²) in [5, 5.41) is 3.56. The molecule has 0 bridgehead atoms. The maximum absolute atomic E-state index is 12.3. The molecule has 1 N–H and O–H groups in total. The van der Waals surface area contributed by atoms with Crippen LogP contribution >= 0.6 is 0 Å². The second-order valence-electron chi connectivity index (χ2n) is 8.50. The van der Waals surface area contributed by atoms with Crippen molar-refractivity contribution in [2.75, 3.05) is 33.8 Å². The van der Waals surface area contributed by atoms with E-state index in [1.807, 2.05) is 45.8 Å². The van der Waals surface area contributed by atoms with Crippen molar-refractivity contribution in [1.82, 2.24) is 10.2 Å². The van der Waals surface area contributed by atoms with Crippen molar-refractivity contribution in [2.45, 2.75) is 46.1 Å². The molecule has 0 unspecified atom stereocenters. The lowest BCUT2D eigenvalue weighted by atomic mass is 9.92. The van der Waals surface area contributed by atoms with Crippen molar-refractivity contribution in [3.8, 4) is 11.5 Å². The lowest BCUT2D eigenvalue weighted by molar-refractivity contribution is -0.123. The summed E-state index contributed by atoms with van der Waals surface area (Å²) in [4.78, 5) is 26.5. The van der Waals surface area contributed by atoms with Gasteiger partial charge in [0.25, 0.3) is 5.91 Å². The lowest BCUT2D eigenvalue weighted by Crippen LogP contribution is -2.34. The molecule has 0 saturated carbocycles. The largest absolute Gasteiger partial charge is 0.487 e. The maximum Gasteiger partial charge on any atom is 0.339 e. The van der Waals surface area contributed by atoms with Crippen LogP contribution in [-0.4, -0.2) is 50.2 Å². The molecule has 2 heterocycles. The van der Waals surface area contributed by atoms with Crippen molar-refractivity contribution < 1.29 is 18.7 Å². The average molecular weight is 402 g/mol. The van der Waals surface area contributed by atoms with Crippen molar-refractivity contribution >= 4 is 16.9 Å². The second kappa shape index (κ2) is 8.06. The van der Waals surface area contributed by atoms with Crippen LogP contribution in [-0.2, 0) is 11.2 Å². The van der Waals surface area contributed by atoms with Gasteiger partial charge in [0, 0.05) is 30.3 Å². The number of benzene rings is 1. The van der Waals surface area contributed by atoms with Gasteiger partial charge in [0.2, 0.25) is 0 Å². The summed E-state index contributed by atoms with van der Waals surface area (Å²) >= 11 is 0. The predicted octanol–water partition coefficient (Wildman–Crippen LogP) is 2.57. The molecule has 0 radical (unpaired) electrons. The Labute approximate surface area is 171 Å². The van der Waals surface area contributed by atoms with Crippen LogP contribution in [0.4, 0.5) is 0 Å². The van der Waals surface area contributed by atoms with Crippen LogP contribution in [0.2, 0.25) is 0 Å². The van der Waals surface area contributed by atoms with E-state index in [0.29, 0.717) is 29.2 Å². The van der Waals surface area contributed by atoms with Crippen LogP contribution in [0.25, 0.3) is 11.0 Å². The minimum Gasteiger partial charge on any atom is -0.487 e. The first kappa shape index (κ1) is 21.2. The molecule has 2 aromatic rings. The number of carbonyl (C=O) groups is 1. The van der Waals surface area contributed by atoms with Gasteiger partial charge in [0.1, 0.15) is 22.7 Å². The molecule has 7 heteroatoms. The monoisotopic (exact) mass is 402 g/mol. The van der Waals surface area contributed by atoms with Gasteiger partial charge in [0.15, 0.2) is 6.61 Å². The van der Waals surface area contributed by atoms with Crippen molar-refractivity contribution in [3.63, 3.8) is 0 Å². The van der Waals surface area contributed by atoms with Gasteiger partial charge < -0.3 is 24.1 Å². The highest BCUT2D eigenvalue weighted by Gasteiger charge is 2.31. The van der Waals surface area contributed by atoms with Crippen LogP contribution in [0.1, 0.15) is 37.0 Å². The van der Waals surface area contributed by atoms with Gasteiger partial charge in [-0.1, -0.05) is 0 Å². The predicted molar refractivity (Wildman–Crippen MR) is 112 cm³/mol. The summed E-state index contributed by atoms with van der Waals surface area (Å²) in [6.07, 6.45) is 1.57. The number of hydrogen-bond donors (Lipinski definition) is 1. The van der Waals surface area contributed by atoms with E-state index in [-0.39, 0.29) is 23.7 Å². The van der Waals surface area contributed by atoms with Gasteiger partial charge in [-0.3, -0.25) is 4.79 Å². The fraction of sp³-hybridized carbons (Fsp3) is 0.545. The first-order valence-electron chi connectivity index (χ1n) is 9.92. The molecule has 29 heavy (non-hydrogen) atoms. The highest BCUT2D eigenvalue weighted by atomic mass is 16.5. The zero-order valence-corrected chi connectivity index (χ0v) is 18.1. The molecule has 1 aromatic carbocycles. The van der Waals surface area contributed by atoms with Crippen LogP contribution in [0, 0.1) is 13.8 Å². The Morgan fingerprint density at radius 2 is 2.00 bits per heavy atom. The fourth-order valence-electron chi connectivity index (χ4n) is 3.46. The van der Waals surface area contributed by atoms with Crippen LogP contribution in [0.5, 0.6) is 11.5 Å². The molecule has 1 aliphatic rings. The molecule has 1 aromatic heterocycles. The average Bonchev–Trinajstić information content (AvgIpc) is 2.62. The van der Waals surface area contributed by atoms with E-state index in [4.69, 9.17) is 13.9 Å². The van der Waals surface area contributed by atoms with Crippen LogP contribution in [0.15, 0.2) is 15.3 Å². The number of amides is 1. The van der Waals surface area contributed by atoms with Gasteiger partial charge in [-0.15, -0.1) is 0 Å². The van der Waals surface area contributed by atoms with E-state index in [1.165, 1.54) is 0 Å². The van der Waals surface area contributed by atoms with Gasteiger partial charge in [-0.05, 0) is 60.2 Å². The molecule has 0 aliphatic carbocycles. The molecule has 7 nitrogen and oxygen atoms in total. The third-order valence-corrected chi connectivity index (χ3v) is 5.35. The highest BCUT2D eigenvalue weighted by molar-refractivity contribution is 5.92. The molecule has 0 saturated heterocycles. The quantitative estimate of drug-likeness (QED) is 0.748. The number of rotatable bonds is 6. The summed E-state index contributed by atoms with van der Waals surface area (Å²) in [6.45, 7) is 8.83. The normalized spacial score (nSPS) is 15.1. The van der Waals surface area contributed by atoms with Crippen molar-refractivity contribution in [2.24, 2.45) is 0 Å². The van der Waals surface area contributed by atoms with Crippen molar-refractivity contribution in [1.29, 1.82) is 0 Å². The zero-order chi connectivity index (χ0) is 21.3. The third kappa shape index (κ3) is 4.56. The molecule has 0 atom stereocenters. The number of likely N-dealkylation sites (N-methyl/N-ethyl adjacent to an activating group) is 1. The van der Waals surface area contributed by atoms with Crippen molar-refractivity contribution in [3.05, 3.63) is 33.2 Å². The minimum atomic E-state index is -0.361. The maximum atomic E-state index is 12.3. The third-order valence-electron chi connectivity index (χ3n) is 5.35. The Bertz CT molecular complexity index is 991. The van der Waals surface area contributed by atoms with Gasteiger partial charge in [0.05, 0.1) is 5.39 Å².